The number of amides is 3. The van der Waals surface area contributed by atoms with Gasteiger partial charge in [-0.2, -0.15) is 0 Å². The van der Waals surface area contributed by atoms with Gasteiger partial charge in [0.05, 0.1) is 36.6 Å². The van der Waals surface area contributed by atoms with Crippen molar-refractivity contribution >= 4 is 17.7 Å². The Kier molecular flexibility index (Phi) is 7.99. The molecule has 2 aromatic rings. The molecule has 0 aliphatic carbocycles. The summed E-state index contributed by atoms with van der Waals surface area (Å²) in [7, 11) is 1.81. The minimum absolute atomic E-state index is 0.0375. The van der Waals surface area contributed by atoms with E-state index in [9.17, 15) is 19.5 Å². The van der Waals surface area contributed by atoms with E-state index in [-0.39, 0.29) is 37.5 Å². The van der Waals surface area contributed by atoms with Crippen LogP contribution >= 0.6 is 0 Å². The van der Waals surface area contributed by atoms with Crippen LogP contribution < -0.4 is 5.73 Å². The zero-order chi connectivity index (χ0) is 26.6. The fraction of sp³-hybridized carbons (Fsp3) is 0.483. The number of hydrogen-bond donors (Lipinski definition) is 2. The van der Waals surface area contributed by atoms with Gasteiger partial charge in [0.15, 0.2) is 0 Å². The molecule has 8 nitrogen and oxygen atoms in total. The molecule has 1 unspecified atom stereocenters. The van der Waals surface area contributed by atoms with Crippen LogP contribution in [0.4, 0.5) is 0 Å². The second-order valence-electron chi connectivity index (χ2n) is 10.7. The van der Waals surface area contributed by atoms with E-state index in [2.05, 4.69) is 0 Å². The van der Waals surface area contributed by atoms with Gasteiger partial charge in [0.25, 0.3) is 0 Å². The summed E-state index contributed by atoms with van der Waals surface area (Å²) in [6.07, 6.45) is 1.35. The molecule has 0 aromatic heterocycles. The molecule has 198 valence electrons. The number of aliphatic hydroxyl groups excluding tert-OH is 1. The Balaban J connectivity index is 1.60. The normalized spacial score (nSPS) is 24.2. The molecule has 2 aliphatic heterocycles. The van der Waals surface area contributed by atoms with Crippen molar-refractivity contribution < 1.29 is 24.2 Å². The SMILES string of the molecule is CN1C[C@@H](c2ccccc2)[C@@]2(CCCN(C(=O)[C@@H](COCc3ccccc3)C(C)(CO)C(N)=O)C2)C1=O. The lowest BCUT2D eigenvalue weighted by atomic mass is 9.68. The lowest BCUT2D eigenvalue weighted by Gasteiger charge is -2.44. The van der Waals surface area contributed by atoms with E-state index >= 15 is 0 Å². The number of ether oxygens (including phenoxy) is 1. The maximum atomic E-state index is 14.0. The number of primary amides is 1. The molecule has 2 aromatic carbocycles. The molecule has 2 aliphatic rings. The average Bonchev–Trinajstić information content (AvgIpc) is 3.16. The molecule has 0 radical (unpaired) electrons. The summed E-state index contributed by atoms with van der Waals surface area (Å²) < 4.78 is 5.90. The van der Waals surface area contributed by atoms with Crippen molar-refractivity contribution in [3.05, 3.63) is 71.8 Å². The first-order valence-electron chi connectivity index (χ1n) is 12.8. The fourth-order valence-corrected chi connectivity index (χ4v) is 5.88. The van der Waals surface area contributed by atoms with Crippen LogP contribution in [-0.4, -0.2) is 72.5 Å². The minimum Gasteiger partial charge on any atom is -0.395 e. The highest BCUT2D eigenvalue weighted by atomic mass is 16.5. The summed E-state index contributed by atoms with van der Waals surface area (Å²) in [4.78, 5) is 43.5. The molecular formula is C29H37N3O5. The third kappa shape index (κ3) is 5.13. The predicted molar refractivity (Wildman–Crippen MR) is 139 cm³/mol. The van der Waals surface area contributed by atoms with Crippen LogP contribution in [0, 0.1) is 16.7 Å². The van der Waals surface area contributed by atoms with Gasteiger partial charge in [-0.3, -0.25) is 14.4 Å². The summed E-state index contributed by atoms with van der Waals surface area (Å²) in [5, 5.41) is 10.2. The number of rotatable bonds is 9. The number of piperidine rings is 1. The third-order valence-electron chi connectivity index (χ3n) is 8.29. The molecule has 2 fully saturated rings. The monoisotopic (exact) mass is 507 g/mol. The molecule has 4 rings (SSSR count). The van der Waals surface area contributed by atoms with Gasteiger partial charge < -0.3 is 25.4 Å². The lowest BCUT2D eigenvalue weighted by molar-refractivity contribution is -0.157. The van der Waals surface area contributed by atoms with Gasteiger partial charge in [0.2, 0.25) is 17.7 Å². The van der Waals surface area contributed by atoms with Gasteiger partial charge in [0.1, 0.15) is 0 Å². The van der Waals surface area contributed by atoms with Gasteiger partial charge in [-0.05, 0) is 30.9 Å². The van der Waals surface area contributed by atoms with E-state index in [1.54, 1.807) is 9.80 Å². The van der Waals surface area contributed by atoms with Gasteiger partial charge in [-0.15, -0.1) is 0 Å². The van der Waals surface area contributed by atoms with Crippen molar-refractivity contribution in [3.8, 4) is 0 Å². The topological polar surface area (TPSA) is 113 Å². The first-order valence-corrected chi connectivity index (χ1v) is 12.8. The molecule has 3 N–H and O–H groups in total. The molecule has 4 atom stereocenters. The summed E-state index contributed by atoms with van der Waals surface area (Å²) in [5.41, 5.74) is 5.47. The van der Waals surface area contributed by atoms with Gasteiger partial charge >= 0.3 is 0 Å². The minimum atomic E-state index is -1.51. The summed E-state index contributed by atoms with van der Waals surface area (Å²) in [5.74, 6) is -2.08. The third-order valence-corrected chi connectivity index (χ3v) is 8.29. The van der Waals surface area contributed by atoms with Crippen molar-refractivity contribution in [2.75, 3.05) is 39.9 Å². The van der Waals surface area contributed by atoms with Crippen molar-refractivity contribution in [2.45, 2.75) is 32.3 Å². The van der Waals surface area contributed by atoms with Crippen LogP contribution in [-0.2, 0) is 25.7 Å². The molecule has 0 saturated carbocycles. The molecular weight excluding hydrogens is 470 g/mol. The average molecular weight is 508 g/mol. The highest BCUT2D eigenvalue weighted by molar-refractivity contribution is 5.91. The summed E-state index contributed by atoms with van der Waals surface area (Å²) >= 11 is 0. The Bertz CT molecular complexity index is 1110. The van der Waals surface area contributed by atoms with E-state index in [4.69, 9.17) is 10.5 Å². The number of nitrogens with two attached hydrogens (primary N) is 1. The standard InChI is InChI=1S/C29H37N3O5/c1-28(20-33,26(30)35)24(18-37-17-21-10-5-3-6-11-21)25(34)32-15-9-14-29(19-32)23(16-31(2)27(29)36)22-12-7-4-8-13-22/h3-8,10-13,23-24,33H,9,14-20H2,1-2H3,(H2,30,35)/t23-,24+,28?,29-/m0/s1. The maximum Gasteiger partial charge on any atom is 0.231 e. The van der Waals surface area contributed by atoms with Gasteiger partial charge in [-0.25, -0.2) is 0 Å². The fourth-order valence-electron chi connectivity index (χ4n) is 5.88. The second kappa shape index (κ2) is 11.0. The van der Waals surface area contributed by atoms with Crippen molar-refractivity contribution in [3.63, 3.8) is 0 Å². The molecule has 2 heterocycles. The zero-order valence-corrected chi connectivity index (χ0v) is 21.6. The summed E-state index contributed by atoms with van der Waals surface area (Å²) in [6, 6.07) is 19.5. The Labute approximate surface area is 218 Å². The van der Waals surface area contributed by atoms with E-state index in [1.165, 1.54) is 6.92 Å². The predicted octanol–water partition coefficient (Wildman–Crippen LogP) is 2.17. The highest BCUT2D eigenvalue weighted by Crippen LogP contribution is 2.49. The van der Waals surface area contributed by atoms with E-state index in [0.717, 1.165) is 11.1 Å². The van der Waals surface area contributed by atoms with E-state index in [1.807, 2.05) is 67.7 Å². The van der Waals surface area contributed by atoms with Crippen LogP contribution in [0.5, 0.6) is 0 Å². The Morgan fingerprint density at radius 1 is 1.16 bits per heavy atom. The number of nitrogens with zero attached hydrogens (tertiary/aromatic N) is 2. The first kappa shape index (κ1) is 26.8. The van der Waals surface area contributed by atoms with Gasteiger partial charge in [-0.1, -0.05) is 60.7 Å². The van der Waals surface area contributed by atoms with Crippen molar-refractivity contribution in [1.82, 2.24) is 9.80 Å². The van der Waals surface area contributed by atoms with Crippen LogP contribution in [0.15, 0.2) is 60.7 Å². The van der Waals surface area contributed by atoms with Crippen LogP contribution in [0.1, 0.15) is 36.8 Å². The Morgan fingerprint density at radius 2 is 1.81 bits per heavy atom. The lowest BCUT2D eigenvalue weighted by Crippen LogP contribution is -2.57. The zero-order valence-electron chi connectivity index (χ0n) is 21.6. The van der Waals surface area contributed by atoms with E-state index < -0.39 is 29.3 Å². The molecule has 37 heavy (non-hydrogen) atoms. The number of likely N-dealkylation sites (N-methyl/N-ethyl adjacent to an activating group) is 1. The van der Waals surface area contributed by atoms with E-state index in [0.29, 0.717) is 25.9 Å². The highest BCUT2D eigenvalue weighted by Gasteiger charge is 2.56. The number of hydrogen-bond acceptors (Lipinski definition) is 5. The number of aliphatic hydroxyl groups is 1. The molecule has 3 amide bonds. The van der Waals surface area contributed by atoms with Crippen LogP contribution in [0.3, 0.4) is 0 Å². The largest absolute Gasteiger partial charge is 0.395 e. The number of carbonyl (C=O) groups is 3. The first-order chi connectivity index (χ1) is 17.7. The number of likely N-dealkylation sites (tertiary alicyclic amines) is 2. The number of carbonyl (C=O) groups excluding carboxylic acids is 3. The molecule has 0 bridgehead atoms. The Hall–Kier alpha value is -3.23. The molecule has 2 saturated heterocycles. The maximum absolute atomic E-state index is 14.0. The quantitative estimate of drug-likeness (QED) is 0.540. The van der Waals surface area contributed by atoms with Gasteiger partial charge in [0, 0.05) is 32.6 Å². The second-order valence-corrected chi connectivity index (χ2v) is 10.7. The summed E-state index contributed by atoms with van der Waals surface area (Å²) in [6.45, 7) is 2.41. The van der Waals surface area contributed by atoms with Crippen LogP contribution in [0.25, 0.3) is 0 Å². The van der Waals surface area contributed by atoms with Crippen LogP contribution in [0.2, 0.25) is 0 Å². The van der Waals surface area contributed by atoms with Crippen molar-refractivity contribution in [1.29, 1.82) is 0 Å². The Morgan fingerprint density at radius 3 is 2.43 bits per heavy atom. The van der Waals surface area contributed by atoms with Crippen molar-refractivity contribution in [2.24, 2.45) is 22.5 Å². The number of benzene rings is 2. The smallest absolute Gasteiger partial charge is 0.231 e. The molecule has 8 heteroatoms. The molecule has 1 spiro atoms.